The third-order valence-electron chi connectivity index (χ3n) is 2.22. The van der Waals surface area contributed by atoms with Gasteiger partial charge in [-0.2, -0.15) is 0 Å². The highest BCUT2D eigenvalue weighted by molar-refractivity contribution is 7.80. The van der Waals surface area contributed by atoms with E-state index >= 15 is 0 Å². The predicted molar refractivity (Wildman–Crippen MR) is 59.4 cm³/mol. The second-order valence-corrected chi connectivity index (χ2v) is 3.97. The normalized spacial score (nSPS) is 19.2. The van der Waals surface area contributed by atoms with E-state index in [0.717, 1.165) is 4.90 Å². The Balaban J connectivity index is 2.55. The molecule has 1 aromatic carbocycles. The summed E-state index contributed by atoms with van der Waals surface area (Å²) in [7, 11) is 0. The number of carbonyl (C=O) groups excluding carboxylic acids is 1. The second-order valence-electron chi connectivity index (χ2n) is 3.12. The average Bonchev–Trinajstić information content (AvgIpc) is 2.39. The van der Waals surface area contributed by atoms with Crippen molar-refractivity contribution in [2.75, 3.05) is 0 Å². The molecule has 3 N–H and O–H groups in total. The first-order chi connectivity index (χ1) is 7.02. The highest BCUT2D eigenvalue weighted by Gasteiger charge is 2.37. The summed E-state index contributed by atoms with van der Waals surface area (Å²) in [4.78, 5) is 12.7. The third kappa shape index (κ3) is 1.49. The van der Waals surface area contributed by atoms with E-state index in [9.17, 15) is 9.90 Å². The highest BCUT2D eigenvalue weighted by Crippen LogP contribution is 2.32. The standard InChI is InChI=1S/C9H7ClN2O2S/c10-4-1-2-5-6(3-4)8(14)12(7(5)13)9(11)15/h1-3,7,13H,(H2,11,15). The van der Waals surface area contributed by atoms with Crippen LogP contribution in [0.3, 0.4) is 0 Å². The third-order valence-corrected chi connectivity index (χ3v) is 2.66. The van der Waals surface area contributed by atoms with E-state index in [4.69, 9.17) is 17.3 Å². The number of carbonyl (C=O) groups is 1. The molecular weight excluding hydrogens is 236 g/mol. The van der Waals surface area contributed by atoms with Crippen molar-refractivity contribution >= 4 is 34.8 Å². The van der Waals surface area contributed by atoms with Gasteiger partial charge in [-0.1, -0.05) is 17.7 Å². The minimum Gasteiger partial charge on any atom is -0.376 e. The van der Waals surface area contributed by atoms with Gasteiger partial charge in [0.1, 0.15) is 0 Å². The van der Waals surface area contributed by atoms with Crippen molar-refractivity contribution in [2.45, 2.75) is 6.23 Å². The molecule has 2 rings (SSSR count). The molecule has 78 valence electrons. The Bertz CT molecular complexity index is 463. The fraction of sp³-hybridized carbons (Fsp3) is 0.111. The van der Waals surface area contributed by atoms with Gasteiger partial charge in [-0.3, -0.25) is 9.69 Å². The Morgan fingerprint density at radius 2 is 2.27 bits per heavy atom. The molecule has 1 aromatic rings. The topological polar surface area (TPSA) is 66.6 Å². The molecule has 0 aliphatic carbocycles. The minimum atomic E-state index is -1.11. The van der Waals surface area contributed by atoms with E-state index in [0.29, 0.717) is 16.1 Å². The van der Waals surface area contributed by atoms with E-state index in [-0.39, 0.29) is 5.11 Å². The van der Waals surface area contributed by atoms with Crippen LogP contribution in [0.4, 0.5) is 0 Å². The van der Waals surface area contributed by atoms with Crippen LogP contribution in [-0.2, 0) is 0 Å². The molecule has 0 saturated heterocycles. The zero-order valence-electron chi connectivity index (χ0n) is 7.48. The van der Waals surface area contributed by atoms with Crippen molar-refractivity contribution < 1.29 is 9.90 Å². The smallest absolute Gasteiger partial charge is 0.262 e. The number of hydrogen-bond donors (Lipinski definition) is 2. The summed E-state index contributed by atoms with van der Waals surface area (Å²) in [6.07, 6.45) is -1.11. The van der Waals surface area contributed by atoms with Gasteiger partial charge < -0.3 is 10.8 Å². The maximum atomic E-state index is 11.7. The Morgan fingerprint density at radius 3 is 2.87 bits per heavy atom. The molecule has 1 heterocycles. The Hall–Kier alpha value is -1.17. The van der Waals surface area contributed by atoms with Gasteiger partial charge in [-0.05, 0) is 24.4 Å². The van der Waals surface area contributed by atoms with Crippen molar-refractivity contribution in [1.29, 1.82) is 0 Å². The number of rotatable bonds is 0. The molecule has 0 fully saturated rings. The lowest BCUT2D eigenvalue weighted by molar-refractivity contribution is 0.0490. The maximum absolute atomic E-state index is 11.7. The summed E-state index contributed by atoms with van der Waals surface area (Å²) in [6.45, 7) is 0. The van der Waals surface area contributed by atoms with Gasteiger partial charge in [0, 0.05) is 16.1 Å². The molecule has 1 unspecified atom stereocenters. The van der Waals surface area contributed by atoms with Crippen molar-refractivity contribution in [3.63, 3.8) is 0 Å². The van der Waals surface area contributed by atoms with Crippen LogP contribution < -0.4 is 5.73 Å². The number of amides is 1. The number of nitrogens with zero attached hydrogens (tertiary/aromatic N) is 1. The van der Waals surface area contributed by atoms with Gasteiger partial charge in [-0.25, -0.2) is 0 Å². The molecule has 1 atom stereocenters. The molecule has 1 amide bonds. The largest absolute Gasteiger partial charge is 0.376 e. The lowest BCUT2D eigenvalue weighted by atomic mass is 10.1. The first-order valence-electron chi connectivity index (χ1n) is 4.13. The van der Waals surface area contributed by atoms with Gasteiger partial charge >= 0.3 is 0 Å². The molecule has 15 heavy (non-hydrogen) atoms. The van der Waals surface area contributed by atoms with Gasteiger partial charge in [0.25, 0.3) is 5.91 Å². The number of hydrogen-bond acceptors (Lipinski definition) is 3. The molecule has 6 heteroatoms. The van der Waals surface area contributed by atoms with E-state index in [1.54, 1.807) is 12.1 Å². The average molecular weight is 243 g/mol. The first kappa shape index (κ1) is 10.4. The number of thiocarbonyl (C=S) groups is 1. The summed E-state index contributed by atoms with van der Waals surface area (Å²) in [5.41, 5.74) is 6.15. The summed E-state index contributed by atoms with van der Waals surface area (Å²) in [6, 6.07) is 4.67. The monoisotopic (exact) mass is 242 g/mol. The van der Waals surface area contributed by atoms with Crippen LogP contribution in [0.25, 0.3) is 0 Å². The number of aliphatic hydroxyl groups excluding tert-OH is 1. The number of aliphatic hydroxyl groups is 1. The summed E-state index contributed by atoms with van der Waals surface area (Å²) in [5, 5.41) is 10.0. The molecule has 0 bridgehead atoms. The first-order valence-corrected chi connectivity index (χ1v) is 4.91. The van der Waals surface area contributed by atoms with Crippen LogP contribution in [0.15, 0.2) is 18.2 Å². The molecule has 1 aliphatic heterocycles. The van der Waals surface area contributed by atoms with Crippen LogP contribution in [0.1, 0.15) is 22.1 Å². The zero-order chi connectivity index (χ0) is 11.2. The van der Waals surface area contributed by atoms with Crippen LogP contribution >= 0.6 is 23.8 Å². The number of nitrogens with two attached hydrogens (primary N) is 1. The van der Waals surface area contributed by atoms with Crippen LogP contribution in [0.2, 0.25) is 5.02 Å². The second kappa shape index (κ2) is 3.44. The van der Waals surface area contributed by atoms with Crippen LogP contribution in [0, 0.1) is 0 Å². The predicted octanol–water partition coefficient (Wildman–Crippen LogP) is 1.03. The van der Waals surface area contributed by atoms with Crippen molar-refractivity contribution in [1.82, 2.24) is 4.90 Å². The fourth-order valence-electron chi connectivity index (χ4n) is 1.54. The van der Waals surface area contributed by atoms with E-state index in [2.05, 4.69) is 12.2 Å². The molecule has 4 nitrogen and oxygen atoms in total. The fourth-order valence-corrected chi connectivity index (χ4v) is 1.89. The molecule has 0 saturated carbocycles. The number of benzene rings is 1. The molecule has 0 radical (unpaired) electrons. The van der Waals surface area contributed by atoms with Gasteiger partial charge in [0.2, 0.25) is 0 Å². The van der Waals surface area contributed by atoms with Gasteiger partial charge in [-0.15, -0.1) is 0 Å². The highest BCUT2D eigenvalue weighted by atomic mass is 35.5. The van der Waals surface area contributed by atoms with Crippen molar-refractivity contribution in [2.24, 2.45) is 5.73 Å². The number of fused-ring (bicyclic) bond motifs is 1. The van der Waals surface area contributed by atoms with E-state index < -0.39 is 12.1 Å². The quantitative estimate of drug-likeness (QED) is 0.667. The molecule has 0 aromatic heterocycles. The van der Waals surface area contributed by atoms with Crippen LogP contribution in [0.5, 0.6) is 0 Å². The Labute approximate surface area is 96.2 Å². The van der Waals surface area contributed by atoms with Crippen molar-refractivity contribution in [3.8, 4) is 0 Å². The van der Waals surface area contributed by atoms with E-state index in [1.165, 1.54) is 6.07 Å². The van der Waals surface area contributed by atoms with E-state index in [1.807, 2.05) is 0 Å². The minimum absolute atomic E-state index is 0.153. The summed E-state index contributed by atoms with van der Waals surface area (Å²) in [5.74, 6) is -0.424. The van der Waals surface area contributed by atoms with Crippen molar-refractivity contribution in [3.05, 3.63) is 34.3 Å². The summed E-state index contributed by atoms with van der Waals surface area (Å²) < 4.78 is 0. The summed E-state index contributed by atoms with van der Waals surface area (Å²) >= 11 is 10.4. The molecular formula is C9H7ClN2O2S. The van der Waals surface area contributed by atoms with Gasteiger partial charge in [0.15, 0.2) is 11.3 Å². The van der Waals surface area contributed by atoms with Crippen LogP contribution in [-0.4, -0.2) is 21.0 Å². The zero-order valence-corrected chi connectivity index (χ0v) is 9.05. The SMILES string of the molecule is NC(=S)N1C(=O)c2cc(Cl)ccc2C1O. The maximum Gasteiger partial charge on any atom is 0.262 e. The number of halogens is 1. The van der Waals surface area contributed by atoms with Gasteiger partial charge in [0.05, 0.1) is 0 Å². The lowest BCUT2D eigenvalue weighted by Gasteiger charge is -2.17. The lowest BCUT2D eigenvalue weighted by Crippen LogP contribution is -2.38. The molecule has 0 spiro atoms. The molecule has 1 aliphatic rings. The Kier molecular flexibility index (Phi) is 2.38. The Morgan fingerprint density at radius 1 is 1.60 bits per heavy atom.